The van der Waals surface area contributed by atoms with E-state index in [4.69, 9.17) is 25.5 Å². The minimum Gasteiger partial charge on any atom is -0.480 e. The number of primary sulfonamides is 2. The molecule has 33 heteroatoms. The van der Waals surface area contributed by atoms with Crippen LogP contribution in [0.25, 0.3) is 0 Å². The molecule has 0 heterocycles. The van der Waals surface area contributed by atoms with E-state index in [9.17, 15) is 60.3 Å². The largest absolute Gasteiger partial charge is 0.480 e. The lowest BCUT2D eigenvalue weighted by molar-refractivity contribution is -0.151. The molecule has 0 saturated heterocycles. The number of unbranched alkanes of at least 4 members (excludes halogenated alkanes) is 1. The van der Waals surface area contributed by atoms with E-state index in [0.717, 1.165) is 42.6 Å². The van der Waals surface area contributed by atoms with Gasteiger partial charge in [0.2, 0.25) is 73.2 Å². The number of nitrogens with one attached hydrogen (secondary N) is 2. The molecular formula is C70H109N13O17S3. The summed E-state index contributed by atoms with van der Waals surface area (Å²) in [4.78, 5) is 152. The molecule has 103 heavy (non-hydrogen) atoms. The van der Waals surface area contributed by atoms with Crippen molar-refractivity contribution in [3.05, 3.63) is 95.6 Å². The molecule has 0 aromatic heterocycles. The molecule has 1 aliphatic carbocycles. The van der Waals surface area contributed by atoms with Gasteiger partial charge in [-0.05, 0) is 130 Å². The van der Waals surface area contributed by atoms with Crippen LogP contribution >= 0.6 is 12.6 Å². The van der Waals surface area contributed by atoms with Gasteiger partial charge in [-0.3, -0.25) is 43.2 Å². The molecule has 1 fully saturated rings. The van der Waals surface area contributed by atoms with Crippen LogP contribution in [0.3, 0.4) is 0 Å². The summed E-state index contributed by atoms with van der Waals surface area (Å²) in [5, 5.41) is 26.2. The number of rotatable bonds is 48. The number of aliphatic carboxylic acids is 1. The highest BCUT2D eigenvalue weighted by atomic mass is 32.2. The first-order valence-corrected chi connectivity index (χ1v) is 38.8. The number of nitrogens with two attached hydrogens (primary N) is 3. The Hall–Kier alpha value is -7.63. The number of amides is 9. The van der Waals surface area contributed by atoms with Crippen LogP contribution in [0.5, 0.6) is 0 Å². The number of carbonyl (C=O) groups excluding carboxylic acids is 9. The number of benzene rings is 3. The van der Waals surface area contributed by atoms with Crippen LogP contribution < -0.4 is 26.6 Å². The highest BCUT2D eigenvalue weighted by Gasteiger charge is 2.33. The molecule has 3 aromatic rings. The number of carbonyl (C=O) groups is 10. The number of hydrogen-bond acceptors (Lipinski definition) is 19. The Morgan fingerprint density at radius 2 is 0.874 bits per heavy atom. The third-order valence-corrected chi connectivity index (χ3v) is 19.1. The zero-order chi connectivity index (χ0) is 76.2. The van der Waals surface area contributed by atoms with Gasteiger partial charge in [0.1, 0.15) is 32.6 Å². The molecule has 30 nitrogen and oxygen atoms in total. The molecular weight excluding hydrogens is 1390 g/mol. The Bertz CT molecular complexity index is 3440. The first-order chi connectivity index (χ1) is 48.8. The molecule has 4 rings (SSSR count). The Morgan fingerprint density at radius 3 is 1.25 bits per heavy atom. The third kappa shape index (κ3) is 32.9. The van der Waals surface area contributed by atoms with E-state index >= 15 is 9.59 Å². The summed E-state index contributed by atoms with van der Waals surface area (Å²) in [6.07, 6.45) is 6.20. The molecule has 1 unspecified atom stereocenters. The van der Waals surface area contributed by atoms with Crippen molar-refractivity contribution >= 4 is 91.8 Å². The lowest BCUT2D eigenvalue weighted by Crippen LogP contribution is -2.54. The number of sulfonamides is 2. The number of nitrogens with zero attached hydrogens (tertiary/aromatic N) is 8. The quantitative estimate of drug-likeness (QED) is 0.0239. The van der Waals surface area contributed by atoms with Gasteiger partial charge in [0.25, 0.3) is 0 Å². The molecule has 0 aliphatic heterocycles. The molecule has 9 amide bonds. The topological polar surface area (TPSA) is 406 Å². The van der Waals surface area contributed by atoms with E-state index < -0.39 is 138 Å². The molecule has 1 aliphatic rings. The van der Waals surface area contributed by atoms with Crippen molar-refractivity contribution in [3.63, 3.8) is 0 Å². The molecule has 0 radical (unpaired) electrons. The van der Waals surface area contributed by atoms with Gasteiger partial charge >= 0.3 is 5.97 Å². The van der Waals surface area contributed by atoms with E-state index in [1.165, 1.54) is 82.8 Å². The zero-order valence-electron chi connectivity index (χ0n) is 60.5. The summed E-state index contributed by atoms with van der Waals surface area (Å²) < 4.78 is 60.0. The number of carboxylic acid groups (broad SMARTS) is 1. The van der Waals surface area contributed by atoms with Crippen molar-refractivity contribution in [2.75, 3.05) is 137 Å². The maximum absolute atomic E-state index is 15.1. The van der Waals surface area contributed by atoms with Gasteiger partial charge in [0, 0.05) is 58.5 Å². The summed E-state index contributed by atoms with van der Waals surface area (Å²) >= 11 is 4.10. The van der Waals surface area contributed by atoms with Gasteiger partial charge in [0.05, 0.1) is 55.6 Å². The Balaban J connectivity index is 1.71. The lowest BCUT2D eigenvalue weighted by atomic mass is 9.95. The maximum Gasteiger partial charge on any atom is 0.326 e. The normalized spacial score (nSPS) is 12.9. The van der Waals surface area contributed by atoms with E-state index in [2.05, 4.69) is 23.3 Å². The third-order valence-electron chi connectivity index (χ3n) is 17.0. The van der Waals surface area contributed by atoms with Crippen molar-refractivity contribution < 1.29 is 79.4 Å². The second kappa shape index (κ2) is 45.6. The fraction of sp³-hybridized carbons (Fsp3) is 0.600. The lowest BCUT2D eigenvalue weighted by Gasteiger charge is -2.33. The summed E-state index contributed by atoms with van der Waals surface area (Å²) in [6.45, 7) is 5.58. The van der Waals surface area contributed by atoms with E-state index in [1.807, 2.05) is 32.0 Å². The Labute approximate surface area is 612 Å². The number of carboxylic acids is 1. The number of hydrogen-bond donors (Lipinski definition) is 7. The predicted octanol–water partition coefficient (Wildman–Crippen LogP) is 1.49. The first kappa shape index (κ1) is 87.8. The number of thiol groups is 1. The van der Waals surface area contributed by atoms with Crippen molar-refractivity contribution in [3.8, 4) is 0 Å². The summed E-state index contributed by atoms with van der Waals surface area (Å²) in [5.41, 5.74) is 7.67. The summed E-state index contributed by atoms with van der Waals surface area (Å²) in [6, 6.07) is 19.1. The fourth-order valence-corrected chi connectivity index (χ4v) is 12.5. The summed E-state index contributed by atoms with van der Waals surface area (Å²) in [7, 11) is -8.14. The highest BCUT2D eigenvalue weighted by Crippen LogP contribution is 2.19. The molecule has 1 saturated carbocycles. The average Bonchev–Trinajstić information content (AvgIpc) is 0.868. The predicted molar refractivity (Wildman–Crippen MR) is 390 cm³/mol. The second-order valence-corrected chi connectivity index (χ2v) is 29.9. The van der Waals surface area contributed by atoms with Crippen LogP contribution in [-0.4, -0.2) is 270 Å². The monoisotopic (exact) mass is 1500 g/mol. The maximum atomic E-state index is 15.1. The van der Waals surface area contributed by atoms with E-state index in [0.29, 0.717) is 24.0 Å². The van der Waals surface area contributed by atoms with Gasteiger partial charge in [-0.15, -0.1) is 0 Å². The highest BCUT2D eigenvalue weighted by molar-refractivity contribution is 7.89. The van der Waals surface area contributed by atoms with Gasteiger partial charge < -0.3 is 70.1 Å². The van der Waals surface area contributed by atoms with Gasteiger partial charge in [0.15, 0.2) is 0 Å². The zero-order valence-corrected chi connectivity index (χ0v) is 63.0. The molecule has 0 bridgehead atoms. The van der Waals surface area contributed by atoms with Crippen LogP contribution in [0.4, 0.5) is 0 Å². The van der Waals surface area contributed by atoms with Gasteiger partial charge in [-0.1, -0.05) is 102 Å². The number of ether oxygens (including phenoxy) is 2. The van der Waals surface area contributed by atoms with Crippen LogP contribution in [0.1, 0.15) is 110 Å². The van der Waals surface area contributed by atoms with Crippen LogP contribution in [0, 0.1) is 11.8 Å². The molecule has 0 spiro atoms. The summed E-state index contributed by atoms with van der Waals surface area (Å²) in [5.74, 6) is -7.61. The second-order valence-electron chi connectivity index (χ2n) is 26.3. The van der Waals surface area contributed by atoms with Crippen molar-refractivity contribution in [1.29, 1.82) is 0 Å². The van der Waals surface area contributed by atoms with E-state index in [-0.39, 0.29) is 137 Å². The standard InChI is InChI=1S/C70H109N13O17S3/c1-7-99-50-82(62(85)39-74-57-19-13-10-14-20-57)49-68(91)81(41-53(5)6)47-65(88)79(37-31-56-23-27-59(28-24-56)103(73,97)98)45-69(92)83(51-100-8-2)48-66(89)78(35-29-54-17-11-9-12-18-54)44-67(90)80(40-52(3)4)46-64(87)77(36-30-55-21-25-58(26-22-55)102(72,95)96)43-63(86)76(34-16-15-33-71)42-61(84)75-60(32-38-101)70(93)94/h9,11-12,17-18,21-28,52-53,57,60,74,101H,7-8,10,13-16,19-20,29-51,71H2,1-6H3,(H,75,84)(H,93,94)(H2,72,95,96)(H2,73,97,98). The molecule has 9 N–H and O–H groups in total. The molecule has 1 atom stereocenters. The van der Waals surface area contributed by atoms with Gasteiger partial charge in [-0.25, -0.2) is 31.9 Å². The first-order valence-electron chi connectivity index (χ1n) is 35.1. The van der Waals surface area contributed by atoms with E-state index in [1.54, 1.807) is 39.8 Å². The van der Waals surface area contributed by atoms with Gasteiger partial charge in [-0.2, -0.15) is 12.6 Å². The van der Waals surface area contributed by atoms with Crippen molar-refractivity contribution in [2.24, 2.45) is 27.8 Å². The van der Waals surface area contributed by atoms with Crippen molar-refractivity contribution in [2.45, 2.75) is 134 Å². The minimum absolute atomic E-state index is 0.000208. The van der Waals surface area contributed by atoms with Crippen LogP contribution in [0.15, 0.2) is 88.7 Å². The van der Waals surface area contributed by atoms with Crippen LogP contribution in [0.2, 0.25) is 0 Å². The Morgan fingerprint density at radius 1 is 0.505 bits per heavy atom. The molecule has 3 aromatic carbocycles. The smallest absolute Gasteiger partial charge is 0.326 e. The SMILES string of the molecule is CCOCN(CC(=O)N(CC(=O)N(CCc1ccc(S(N)(=O)=O)cc1)CC(=O)N(COCC)CC(=O)N(CCc1ccccc1)CC(=O)N(CC(=O)N(CCc1ccc(S(N)(=O)=O)cc1)CC(=O)N(CCCCN)CC(=O)NC(CCS)C(=O)O)CC(C)C)CC(C)C)C(=O)CNC1CCCCC1. The fourth-order valence-electron chi connectivity index (χ4n) is 11.2. The molecule has 574 valence electrons. The average molecular weight is 1500 g/mol. The van der Waals surface area contributed by atoms with Crippen LogP contribution in [-0.2, 0) is 96.7 Å². The Kier molecular flexibility index (Phi) is 38.8. The van der Waals surface area contributed by atoms with Crippen molar-refractivity contribution in [1.82, 2.24) is 49.8 Å². The minimum atomic E-state index is -4.07.